The van der Waals surface area contributed by atoms with Crippen LogP contribution < -0.4 is 14.8 Å². The fraction of sp³-hybridized carbons (Fsp3) is 0.158. The summed E-state index contributed by atoms with van der Waals surface area (Å²) in [6, 6.07) is 11.4. The van der Waals surface area contributed by atoms with Crippen LogP contribution in [0.15, 0.2) is 48.5 Å². The van der Waals surface area contributed by atoms with E-state index in [1.807, 2.05) is 6.92 Å². The lowest BCUT2D eigenvalue weighted by atomic mass is 10.1. The number of nitro benzene ring substituents is 1. The van der Waals surface area contributed by atoms with Crippen LogP contribution in [0.3, 0.4) is 0 Å². The fourth-order valence-electron chi connectivity index (χ4n) is 2.48. The molecule has 0 saturated carbocycles. The number of ether oxygens (including phenoxy) is 2. The third-order valence-electron chi connectivity index (χ3n) is 3.81. The smallest absolute Gasteiger partial charge is 0.387 e. The Bertz CT molecular complexity index is 1040. The number of anilines is 1. The summed E-state index contributed by atoms with van der Waals surface area (Å²) in [5.41, 5.74) is 1.22. The van der Waals surface area contributed by atoms with E-state index in [0.717, 1.165) is 4.88 Å². The summed E-state index contributed by atoms with van der Waals surface area (Å²) >= 11 is 1.25. The van der Waals surface area contributed by atoms with Gasteiger partial charge in [-0.2, -0.15) is 8.78 Å². The molecule has 1 heterocycles. The molecule has 11 heteroatoms. The molecule has 0 aliphatic heterocycles. The van der Waals surface area contributed by atoms with Crippen molar-refractivity contribution in [3.05, 3.63) is 63.5 Å². The summed E-state index contributed by atoms with van der Waals surface area (Å²) < 4.78 is 34.1. The van der Waals surface area contributed by atoms with E-state index < -0.39 is 17.4 Å². The third-order valence-corrected chi connectivity index (χ3v) is 4.70. The maximum atomic E-state index is 12.2. The average Bonchev–Trinajstić information content (AvgIpc) is 3.06. The van der Waals surface area contributed by atoms with Gasteiger partial charge in [-0.3, -0.25) is 20.2 Å². The first-order valence-electron chi connectivity index (χ1n) is 8.51. The van der Waals surface area contributed by atoms with Crippen LogP contribution in [0.2, 0.25) is 0 Å². The molecule has 1 aromatic heterocycles. The Morgan fingerprint density at radius 1 is 1.17 bits per heavy atom. The molecule has 8 nitrogen and oxygen atoms in total. The van der Waals surface area contributed by atoms with Crippen LogP contribution in [-0.2, 0) is 4.79 Å². The zero-order valence-electron chi connectivity index (χ0n) is 15.5. The first kappa shape index (κ1) is 21.1. The van der Waals surface area contributed by atoms with E-state index in [0.29, 0.717) is 22.1 Å². The minimum atomic E-state index is -2.90. The first-order chi connectivity index (χ1) is 14.3. The Labute approximate surface area is 173 Å². The molecule has 3 rings (SSSR count). The number of hydrogen-bond donors (Lipinski definition) is 1. The van der Waals surface area contributed by atoms with Gasteiger partial charge in [-0.25, -0.2) is 4.98 Å². The number of hydrogen-bond acceptors (Lipinski definition) is 7. The summed E-state index contributed by atoms with van der Waals surface area (Å²) in [5, 5.41) is 13.6. The maximum Gasteiger partial charge on any atom is 0.387 e. The van der Waals surface area contributed by atoms with Crippen molar-refractivity contribution >= 4 is 28.1 Å². The van der Waals surface area contributed by atoms with Crippen LogP contribution in [0.5, 0.6) is 11.5 Å². The van der Waals surface area contributed by atoms with Gasteiger partial charge in [-0.05, 0) is 43.3 Å². The second-order valence-electron chi connectivity index (χ2n) is 5.91. The highest BCUT2D eigenvalue weighted by atomic mass is 32.1. The number of aromatic nitrogens is 1. The summed E-state index contributed by atoms with van der Waals surface area (Å²) in [6.07, 6.45) is 0. The van der Waals surface area contributed by atoms with Gasteiger partial charge in [0, 0.05) is 22.6 Å². The number of halogens is 2. The van der Waals surface area contributed by atoms with E-state index in [1.54, 1.807) is 12.1 Å². The van der Waals surface area contributed by atoms with Crippen LogP contribution in [0, 0.1) is 17.0 Å². The molecule has 0 unspecified atom stereocenters. The van der Waals surface area contributed by atoms with Crippen molar-refractivity contribution in [1.82, 2.24) is 4.98 Å². The minimum absolute atomic E-state index is 0.0403. The van der Waals surface area contributed by atoms with Crippen molar-refractivity contribution in [2.24, 2.45) is 0 Å². The summed E-state index contributed by atoms with van der Waals surface area (Å²) in [5.74, 6) is -0.0919. The number of non-ortho nitro benzene ring substituents is 1. The zero-order chi connectivity index (χ0) is 21.7. The second kappa shape index (κ2) is 9.27. The number of thiazole rings is 1. The van der Waals surface area contributed by atoms with Gasteiger partial charge in [0.15, 0.2) is 11.7 Å². The molecule has 0 aliphatic carbocycles. The molecule has 0 saturated heterocycles. The van der Waals surface area contributed by atoms with E-state index >= 15 is 0 Å². The number of nitrogens with one attached hydrogen (secondary N) is 1. The Hall–Kier alpha value is -3.60. The molecule has 1 N–H and O–H groups in total. The third kappa shape index (κ3) is 5.47. The van der Waals surface area contributed by atoms with Gasteiger partial charge in [-0.15, -0.1) is 11.3 Å². The molecule has 3 aromatic rings. The van der Waals surface area contributed by atoms with Crippen LogP contribution in [-0.4, -0.2) is 29.0 Å². The molecule has 0 radical (unpaired) electrons. The second-order valence-corrected chi connectivity index (χ2v) is 7.12. The van der Waals surface area contributed by atoms with E-state index in [9.17, 15) is 23.7 Å². The van der Waals surface area contributed by atoms with Crippen LogP contribution in [0.4, 0.5) is 19.6 Å². The molecule has 2 aromatic carbocycles. The van der Waals surface area contributed by atoms with E-state index in [1.165, 1.54) is 47.7 Å². The van der Waals surface area contributed by atoms with Crippen LogP contribution in [0.1, 0.15) is 4.88 Å². The number of alkyl halides is 2. The average molecular weight is 435 g/mol. The van der Waals surface area contributed by atoms with Crippen molar-refractivity contribution in [1.29, 1.82) is 0 Å². The van der Waals surface area contributed by atoms with Crippen molar-refractivity contribution in [3.8, 4) is 22.8 Å². The highest BCUT2D eigenvalue weighted by Crippen LogP contribution is 2.31. The number of amides is 1. The highest BCUT2D eigenvalue weighted by Gasteiger charge is 2.14. The number of rotatable bonds is 8. The van der Waals surface area contributed by atoms with E-state index in [4.69, 9.17) is 4.74 Å². The van der Waals surface area contributed by atoms with E-state index in [2.05, 4.69) is 15.0 Å². The predicted octanol–water partition coefficient (Wildman–Crippen LogP) is 4.65. The maximum absolute atomic E-state index is 12.2. The Morgan fingerprint density at radius 2 is 1.80 bits per heavy atom. The largest absolute Gasteiger partial charge is 0.484 e. The molecular weight excluding hydrogens is 420 g/mol. The molecule has 1 amide bonds. The summed E-state index contributed by atoms with van der Waals surface area (Å²) in [6.45, 7) is -1.38. The summed E-state index contributed by atoms with van der Waals surface area (Å²) in [4.78, 5) is 27.4. The first-order valence-corrected chi connectivity index (χ1v) is 9.33. The molecule has 156 valence electrons. The number of carbonyl (C=O) groups excluding carboxylic acids is 1. The standard InChI is InChI=1S/C19H15F2N3O5S/c1-11-17(12-2-6-15(7-3-12)29-18(20)21)23-19(30-11)22-16(25)10-28-14-8-4-13(5-9-14)24(26)27/h2-9,18H,10H2,1H3,(H,22,23,25). The number of benzene rings is 2. The van der Waals surface area contributed by atoms with Gasteiger partial charge >= 0.3 is 6.61 Å². The summed E-state index contributed by atoms with van der Waals surface area (Å²) in [7, 11) is 0. The molecule has 30 heavy (non-hydrogen) atoms. The fourth-order valence-corrected chi connectivity index (χ4v) is 3.33. The van der Waals surface area contributed by atoms with Crippen LogP contribution in [0.25, 0.3) is 11.3 Å². The lowest BCUT2D eigenvalue weighted by Gasteiger charge is -2.05. The van der Waals surface area contributed by atoms with Gasteiger partial charge in [0.1, 0.15) is 11.5 Å². The number of aryl methyl sites for hydroxylation is 1. The van der Waals surface area contributed by atoms with Gasteiger partial charge in [0.25, 0.3) is 11.6 Å². The van der Waals surface area contributed by atoms with Gasteiger partial charge in [-0.1, -0.05) is 0 Å². The number of carbonyl (C=O) groups is 1. The van der Waals surface area contributed by atoms with Gasteiger partial charge in [0.05, 0.1) is 10.6 Å². The lowest BCUT2D eigenvalue weighted by Crippen LogP contribution is -2.20. The van der Waals surface area contributed by atoms with Gasteiger partial charge < -0.3 is 9.47 Å². The Balaban J connectivity index is 1.59. The zero-order valence-corrected chi connectivity index (χ0v) is 16.3. The Morgan fingerprint density at radius 3 is 2.40 bits per heavy atom. The Kier molecular flexibility index (Phi) is 6.52. The lowest BCUT2D eigenvalue weighted by molar-refractivity contribution is -0.384. The van der Waals surface area contributed by atoms with Crippen molar-refractivity contribution < 1.29 is 28.0 Å². The predicted molar refractivity (Wildman–Crippen MR) is 106 cm³/mol. The quantitative estimate of drug-likeness (QED) is 0.408. The molecule has 0 fully saturated rings. The topological polar surface area (TPSA) is 104 Å². The van der Waals surface area contributed by atoms with Crippen molar-refractivity contribution in [2.45, 2.75) is 13.5 Å². The monoisotopic (exact) mass is 435 g/mol. The van der Waals surface area contributed by atoms with E-state index in [-0.39, 0.29) is 18.0 Å². The van der Waals surface area contributed by atoms with Gasteiger partial charge in [0.2, 0.25) is 0 Å². The molecule has 0 atom stereocenters. The van der Waals surface area contributed by atoms with Crippen molar-refractivity contribution in [2.75, 3.05) is 11.9 Å². The highest BCUT2D eigenvalue weighted by molar-refractivity contribution is 7.16. The number of nitrogens with zero attached hydrogens (tertiary/aromatic N) is 2. The SMILES string of the molecule is Cc1sc(NC(=O)COc2ccc([N+](=O)[O-])cc2)nc1-c1ccc(OC(F)F)cc1. The molecule has 0 aliphatic rings. The minimum Gasteiger partial charge on any atom is -0.484 e. The molecular formula is C19H15F2N3O5S. The van der Waals surface area contributed by atoms with Crippen molar-refractivity contribution in [3.63, 3.8) is 0 Å². The van der Waals surface area contributed by atoms with Crippen LogP contribution >= 0.6 is 11.3 Å². The normalized spacial score (nSPS) is 10.7. The molecule has 0 spiro atoms. The number of nitro groups is 1. The molecule has 0 bridgehead atoms.